The second kappa shape index (κ2) is 7.29. The van der Waals surface area contributed by atoms with Gasteiger partial charge in [-0.1, -0.05) is 13.8 Å². The molecule has 5 unspecified atom stereocenters. The summed E-state index contributed by atoms with van der Waals surface area (Å²) in [6, 6.07) is 2.14. The molecule has 176 valence electrons. The minimum Gasteiger partial charge on any atom is -0.390 e. The van der Waals surface area contributed by atoms with E-state index in [0.717, 1.165) is 57.8 Å². The highest BCUT2D eigenvalue weighted by atomic mass is 16.3. The van der Waals surface area contributed by atoms with Crippen molar-refractivity contribution >= 4 is 0 Å². The highest BCUT2D eigenvalue weighted by molar-refractivity contribution is 5.22. The number of aromatic nitrogens is 2. The van der Waals surface area contributed by atoms with Crippen LogP contribution in [0.2, 0.25) is 0 Å². The lowest BCUT2D eigenvalue weighted by atomic mass is 9.46. The van der Waals surface area contributed by atoms with Crippen LogP contribution in [-0.4, -0.2) is 36.7 Å². The van der Waals surface area contributed by atoms with Gasteiger partial charge in [-0.15, -0.1) is 0 Å². The molecule has 6 heteroatoms. The van der Waals surface area contributed by atoms with Crippen molar-refractivity contribution in [2.75, 3.05) is 0 Å². The molecule has 32 heavy (non-hydrogen) atoms. The van der Waals surface area contributed by atoms with Gasteiger partial charge in [-0.2, -0.15) is 10.4 Å². The van der Waals surface area contributed by atoms with E-state index in [1.165, 1.54) is 0 Å². The first-order valence-electron chi connectivity index (χ1n) is 12.7. The zero-order valence-corrected chi connectivity index (χ0v) is 19.9. The molecule has 0 aromatic carbocycles. The predicted octanol–water partition coefficient (Wildman–Crippen LogP) is 3.61. The van der Waals surface area contributed by atoms with Crippen molar-refractivity contribution in [1.82, 2.24) is 9.78 Å². The summed E-state index contributed by atoms with van der Waals surface area (Å²) in [6.45, 7) is 7.09. The van der Waals surface area contributed by atoms with Gasteiger partial charge in [0.25, 0.3) is 0 Å². The highest BCUT2D eigenvalue weighted by Crippen LogP contribution is 2.67. The van der Waals surface area contributed by atoms with E-state index in [2.05, 4.69) is 25.0 Å². The van der Waals surface area contributed by atoms with Crippen molar-refractivity contribution in [2.24, 2.45) is 40.7 Å². The molecule has 1 aromatic heterocycles. The Hall–Kier alpha value is -1.42. The summed E-state index contributed by atoms with van der Waals surface area (Å²) >= 11 is 0. The third kappa shape index (κ3) is 3.19. The number of nitrogens with two attached hydrogens (primary N) is 1. The number of hydrogen-bond donors (Lipinski definition) is 3. The first-order valence-corrected chi connectivity index (χ1v) is 12.7. The molecule has 0 amide bonds. The van der Waals surface area contributed by atoms with Crippen LogP contribution in [0.25, 0.3) is 0 Å². The minimum absolute atomic E-state index is 0.0717. The van der Waals surface area contributed by atoms with Crippen molar-refractivity contribution in [2.45, 2.75) is 102 Å². The van der Waals surface area contributed by atoms with Gasteiger partial charge in [0.1, 0.15) is 6.07 Å². The summed E-state index contributed by atoms with van der Waals surface area (Å²) in [5, 5.41) is 36.3. The molecule has 0 radical (unpaired) electrons. The second-order valence-corrected chi connectivity index (χ2v) is 12.4. The Morgan fingerprint density at radius 3 is 2.53 bits per heavy atom. The Bertz CT molecular complexity index is 921. The molecule has 4 saturated carbocycles. The third-order valence-electron chi connectivity index (χ3n) is 10.6. The Balaban J connectivity index is 1.36. The zero-order valence-electron chi connectivity index (χ0n) is 19.9. The average molecular weight is 441 g/mol. The summed E-state index contributed by atoms with van der Waals surface area (Å²) in [7, 11) is 0. The molecule has 9 atom stereocenters. The molecule has 4 aliphatic rings. The SMILES string of the molecule is C[C@H](Cn1cc(C#N)cn1)[C@@]1(O)CCC2C3CCC4(N)C[C@](C)(O)CCC4[C@H]3CCC21C. The van der Waals surface area contributed by atoms with Gasteiger partial charge < -0.3 is 15.9 Å². The fourth-order valence-electron chi connectivity index (χ4n) is 9.08. The molecule has 0 spiro atoms. The molecule has 6 nitrogen and oxygen atoms in total. The van der Waals surface area contributed by atoms with Crippen LogP contribution in [0.1, 0.15) is 84.1 Å². The number of aliphatic hydroxyl groups is 2. The lowest BCUT2D eigenvalue weighted by Crippen LogP contribution is -2.64. The van der Waals surface area contributed by atoms with E-state index in [1.807, 2.05) is 11.6 Å². The van der Waals surface area contributed by atoms with Gasteiger partial charge in [-0.05, 0) is 93.8 Å². The monoisotopic (exact) mass is 440 g/mol. The van der Waals surface area contributed by atoms with E-state index in [0.29, 0.717) is 35.8 Å². The number of hydrogen-bond acceptors (Lipinski definition) is 5. The van der Waals surface area contributed by atoms with Crippen LogP contribution in [0, 0.1) is 46.3 Å². The zero-order chi connectivity index (χ0) is 22.9. The van der Waals surface area contributed by atoms with Gasteiger partial charge in [-0.3, -0.25) is 4.68 Å². The van der Waals surface area contributed by atoms with Crippen LogP contribution in [0.3, 0.4) is 0 Å². The number of nitriles is 1. The topological polar surface area (TPSA) is 108 Å². The number of rotatable bonds is 3. The number of nitrogens with zero attached hydrogens (tertiary/aromatic N) is 3. The van der Waals surface area contributed by atoms with Gasteiger partial charge in [-0.25, -0.2) is 0 Å². The van der Waals surface area contributed by atoms with Gasteiger partial charge >= 0.3 is 0 Å². The molecule has 4 N–H and O–H groups in total. The lowest BCUT2D eigenvalue weighted by Gasteiger charge is -2.61. The van der Waals surface area contributed by atoms with Crippen LogP contribution in [0.4, 0.5) is 0 Å². The first kappa shape index (κ1) is 22.4. The van der Waals surface area contributed by atoms with Crippen LogP contribution in [0.5, 0.6) is 0 Å². The minimum atomic E-state index is -0.713. The molecule has 1 aromatic rings. The molecule has 4 aliphatic carbocycles. The van der Waals surface area contributed by atoms with E-state index in [-0.39, 0.29) is 16.9 Å². The van der Waals surface area contributed by atoms with Crippen LogP contribution in [0.15, 0.2) is 12.4 Å². The Morgan fingerprint density at radius 1 is 1.12 bits per heavy atom. The molecule has 1 heterocycles. The van der Waals surface area contributed by atoms with E-state index < -0.39 is 11.2 Å². The molecule has 0 bridgehead atoms. The van der Waals surface area contributed by atoms with Crippen LogP contribution in [-0.2, 0) is 6.54 Å². The molecule has 4 fully saturated rings. The van der Waals surface area contributed by atoms with Gasteiger partial charge in [0, 0.05) is 24.2 Å². The Kier molecular flexibility index (Phi) is 5.10. The van der Waals surface area contributed by atoms with Crippen molar-refractivity contribution in [1.29, 1.82) is 5.26 Å². The summed E-state index contributed by atoms with van der Waals surface area (Å²) in [5.74, 6) is 2.38. The fraction of sp³-hybridized carbons (Fsp3) is 0.846. The predicted molar refractivity (Wildman–Crippen MR) is 122 cm³/mol. The van der Waals surface area contributed by atoms with Crippen LogP contribution >= 0.6 is 0 Å². The quantitative estimate of drug-likeness (QED) is 0.665. The lowest BCUT2D eigenvalue weighted by molar-refractivity contribution is -0.163. The van der Waals surface area contributed by atoms with E-state index in [1.54, 1.807) is 12.4 Å². The standard InChI is InChI=1S/C26H40N4O2/c1-17(14-30-15-18(12-27)13-29-30)26(32)11-7-21-19-5-10-25(28)16-23(2,31)8-6-22(25)20(19)4-9-24(21,26)3/h13,15,17,19-22,31-32H,4-11,14,16,28H2,1-3H3/t17-,19?,20+,21?,22?,23-,24?,25?,26+/m1/s1. The summed E-state index contributed by atoms with van der Waals surface area (Å²) in [6.07, 6.45) is 12.3. The maximum absolute atomic E-state index is 12.1. The highest BCUT2D eigenvalue weighted by Gasteiger charge is 2.65. The van der Waals surface area contributed by atoms with Crippen molar-refractivity contribution in [3.8, 4) is 6.07 Å². The number of fused-ring (bicyclic) bond motifs is 5. The van der Waals surface area contributed by atoms with Crippen molar-refractivity contribution in [3.63, 3.8) is 0 Å². The normalized spacial score (nSPS) is 48.9. The first-order chi connectivity index (χ1) is 15.0. The molecule has 0 saturated heterocycles. The summed E-state index contributed by atoms with van der Waals surface area (Å²) in [5.41, 5.74) is 5.89. The second-order valence-electron chi connectivity index (χ2n) is 12.4. The average Bonchev–Trinajstić information content (AvgIpc) is 3.29. The van der Waals surface area contributed by atoms with Crippen LogP contribution < -0.4 is 5.73 Å². The smallest absolute Gasteiger partial charge is 0.102 e. The summed E-state index contributed by atoms with van der Waals surface area (Å²) < 4.78 is 1.82. The molecule has 5 rings (SSSR count). The maximum atomic E-state index is 12.1. The van der Waals surface area contributed by atoms with Crippen molar-refractivity contribution in [3.05, 3.63) is 18.0 Å². The Morgan fingerprint density at radius 2 is 1.81 bits per heavy atom. The van der Waals surface area contributed by atoms with Crippen molar-refractivity contribution < 1.29 is 10.2 Å². The van der Waals surface area contributed by atoms with Gasteiger partial charge in [0.15, 0.2) is 0 Å². The van der Waals surface area contributed by atoms with Gasteiger partial charge in [0.05, 0.1) is 23.0 Å². The van der Waals surface area contributed by atoms with E-state index in [4.69, 9.17) is 11.0 Å². The van der Waals surface area contributed by atoms with E-state index >= 15 is 0 Å². The fourth-order valence-corrected chi connectivity index (χ4v) is 9.08. The van der Waals surface area contributed by atoms with Gasteiger partial charge in [0.2, 0.25) is 0 Å². The largest absolute Gasteiger partial charge is 0.390 e. The molecular weight excluding hydrogens is 400 g/mol. The molecule has 0 aliphatic heterocycles. The maximum Gasteiger partial charge on any atom is 0.102 e. The van der Waals surface area contributed by atoms with E-state index in [9.17, 15) is 10.2 Å². The third-order valence-corrected chi connectivity index (χ3v) is 10.6. The Labute approximate surface area is 192 Å². The molecular formula is C26H40N4O2. The summed E-state index contributed by atoms with van der Waals surface area (Å²) in [4.78, 5) is 0.